The fraction of sp³-hybridized carbons (Fsp3) is 0.324. The van der Waals surface area contributed by atoms with Gasteiger partial charge in [-0.1, -0.05) is 41.9 Å². The fourth-order valence-electron chi connectivity index (χ4n) is 5.89. The Balaban J connectivity index is 1.42. The molecule has 45 heavy (non-hydrogen) atoms. The average Bonchev–Trinajstić information content (AvgIpc) is 3.44. The minimum atomic E-state index is -0.713. The van der Waals surface area contributed by atoms with Crippen molar-refractivity contribution < 1.29 is 9.53 Å². The normalized spacial score (nSPS) is 15.0. The number of rotatable bonds is 7. The molecule has 0 radical (unpaired) electrons. The highest BCUT2D eigenvalue weighted by Gasteiger charge is 2.30. The van der Waals surface area contributed by atoms with E-state index in [9.17, 15) is 4.79 Å². The number of likely N-dealkylation sites (N-methyl/N-ethyl adjacent to an activating group) is 1. The molecule has 1 aliphatic rings. The Morgan fingerprint density at radius 1 is 0.933 bits per heavy atom. The number of hydrogen-bond acceptors (Lipinski definition) is 7. The van der Waals surface area contributed by atoms with E-state index in [0.717, 1.165) is 86.2 Å². The van der Waals surface area contributed by atoms with Gasteiger partial charge in [0.25, 0.3) is 0 Å². The quantitative estimate of drug-likeness (QED) is 0.177. The Bertz CT molecular complexity index is 1840. The van der Waals surface area contributed by atoms with Crippen molar-refractivity contribution in [2.24, 2.45) is 0 Å². The third kappa shape index (κ3) is 6.82. The first-order valence-corrected chi connectivity index (χ1v) is 16.5. The molecule has 0 bridgehead atoms. The van der Waals surface area contributed by atoms with Gasteiger partial charge >= 0.3 is 0 Å². The molecule has 0 N–H and O–H groups in total. The molecule has 0 aliphatic carbocycles. The molecule has 8 heteroatoms. The number of aromatic nitrogens is 2. The molecule has 232 valence electrons. The van der Waals surface area contributed by atoms with Crippen molar-refractivity contribution in [1.29, 1.82) is 0 Å². The summed E-state index contributed by atoms with van der Waals surface area (Å²) in [5.74, 6) is 0.988. The van der Waals surface area contributed by atoms with Crippen LogP contribution in [-0.2, 0) is 9.53 Å². The molecular weight excluding hydrogens is 600 g/mol. The van der Waals surface area contributed by atoms with E-state index in [2.05, 4.69) is 59.3 Å². The predicted molar refractivity (Wildman–Crippen MR) is 187 cm³/mol. The number of aryl methyl sites for hydroxylation is 1. The zero-order valence-corrected chi connectivity index (χ0v) is 28.3. The van der Waals surface area contributed by atoms with Gasteiger partial charge in [0, 0.05) is 59.7 Å². The number of anilines is 1. The molecule has 3 heterocycles. The summed E-state index contributed by atoms with van der Waals surface area (Å²) in [5.41, 5.74) is 7.36. The van der Waals surface area contributed by atoms with Crippen LogP contribution >= 0.6 is 22.9 Å². The van der Waals surface area contributed by atoms with Crippen LogP contribution in [0.5, 0.6) is 0 Å². The summed E-state index contributed by atoms with van der Waals surface area (Å²) in [4.78, 5) is 27.7. The van der Waals surface area contributed by atoms with Crippen molar-refractivity contribution in [3.05, 3.63) is 89.1 Å². The highest BCUT2D eigenvalue weighted by molar-refractivity contribution is 7.22. The number of Topliss-reactive ketones (excluding diaryl/α,β-unsaturated/α-hetero) is 1. The first-order valence-electron chi connectivity index (χ1n) is 15.4. The topological polar surface area (TPSA) is 58.6 Å². The number of benzene rings is 3. The Morgan fingerprint density at radius 2 is 1.62 bits per heavy atom. The lowest BCUT2D eigenvalue weighted by atomic mass is 9.90. The lowest BCUT2D eigenvalue weighted by Gasteiger charge is -2.33. The van der Waals surface area contributed by atoms with Crippen LogP contribution in [0.4, 0.5) is 5.82 Å². The van der Waals surface area contributed by atoms with Crippen molar-refractivity contribution in [3.8, 4) is 32.8 Å². The third-order valence-electron chi connectivity index (χ3n) is 8.18. The van der Waals surface area contributed by atoms with Gasteiger partial charge in [0.1, 0.15) is 16.9 Å². The molecule has 2 aromatic heterocycles. The van der Waals surface area contributed by atoms with Crippen molar-refractivity contribution in [2.45, 2.75) is 46.3 Å². The molecule has 1 fully saturated rings. The van der Waals surface area contributed by atoms with Gasteiger partial charge in [-0.05, 0) is 94.8 Å². The summed E-state index contributed by atoms with van der Waals surface area (Å²) >= 11 is 7.93. The summed E-state index contributed by atoms with van der Waals surface area (Å²) in [6, 6.07) is 22.6. The van der Waals surface area contributed by atoms with Gasteiger partial charge in [-0.2, -0.15) is 0 Å². The Morgan fingerprint density at radius 3 is 2.27 bits per heavy atom. The van der Waals surface area contributed by atoms with Gasteiger partial charge < -0.3 is 14.5 Å². The van der Waals surface area contributed by atoms with Crippen molar-refractivity contribution in [1.82, 2.24) is 14.9 Å². The van der Waals surface area contributed by atoms with E-state index in [-0.39, 0.29) is 5.78 Å². The van der Waals surface area contributed by atoms with Gasteiger partial charge in [0.2, 0.25) is 0 Å². The lowest BCUT2D eigenvalue weighted by molar-refractivity contribution is -0.138. The number of pyridine rings is 1. The van der Waals surface area contributed by atoms with Crippen LogP contribution in [0, 0.1) is 6.92 Å². The summed E-state index contributed by atoms with van der Waals surface area (Å²) in [6.07, 6.45) is 1.26. The molecule has 0 spiro atoms. The highest BCUT2D eigenvalue weighted by Crippen LogP contribution is 2.44. The third-order valence-corrected chi connectivity index (χ3v) is 9.57. The Hall–Kier alpha value is -3.62. The van der Waals surface area contributed by atoms with Crippen molar-refractivity contribution in [2.75, 3.05) is 38.1 Å². The van der Waals surface area contributed by atoms with E-state index in [1.54, 1.807) is 18.3 Å². The summed E-state index contributed by atoms with van der Waals surface area (Å²) in [5, 5.41) is 1.57. The maximum Gasteiger partial charge on any atom is 0.163 e. The molecule has 0 saturated carbocycles. The number of carbonyl (C=O) groups is 1. The van der Waals surface area contributed by atoms with E-state index in [4.69, 9.17) is 26.3 Å². The molecule has 0 unspecified atom stereocenters. The summed E-state index contributed by atoms with van der Waals surface area (Å²) in [7, 11) is 2.16. The second-order valence-electron chi connectivity index (χ2n) is 12.9. The van der Waals surface area contributed by atoms with Gasteiger partial charge in [-0.25, -0.2) is 9.97 Å². The number of piperazine rings is 1. The maximum absolute atomic E-state index is 13.1. The molecule has 3 aromatic carbocycles. The number of nitrogens with zero attached hydrogens (tertiary/aromatic N) is 4. The predicted octanol–water partition coefficient (Wildman–Crippen LogP) is 8.85. The van der Waals surface area contributed by atoms with E-state index < -0.39 is 11.7 Å². The molecule has 1 aliphatic heterocycles. The van der Waals surface area contributed by atoms with Gasteiger partial charge in [-0.15, -0.1) is 11.3 Å². The molecule has 1 atom stereocenters. The second-order valence-corrected chi connectivity index (χ2v) is 14.3. The molecular formula is C37H39ClN4O2S. The van der Waals surface area contributed by atoms with Gasteiger partial charge in [0.15, 0.2) is 5.78 Å². The van der Waals surface area contributed by atoms with Crippen LogP contribution < -0.4 is 4.90 Å². The summed E-state index contributed by atoms with van der Waals surface area (Å²) in [6.45, 7) is 13.6. The first kappa shape index (κ1) is 31.4. The van der Waals surface area contributed by atoms with Crippen LogP contribution in [0.15, 0.2) is 72.9 Å². The van der Waals surface area contributed by atoms with E-state index in [1.165, 1.54) is 0 Å². The fourth-order valence-corrected chi connectivity index (χ4v) is 7.13. The zero-order valence-electron chi connectivity index (χ0n) is 26.7. The lowest BCUT2D eigenvalue weighted by Crippen LogP contribution is -2.44. The number of thiazole rings is 1. The number of hydrogen-bond donors (Lipinski definition) is 0. The molecule has 6 nitrogen and oxygen atoms in total. The standard InChI is InChI=1S/C37H39ClN4O2S/c1-23-20-30-35(33(25-10-13-29(38)14-11-25)32(23)34(24(2)43)44-37(3,4)5)45-36(40-30)27-9-7-8-26(21-27)28-12-15-31(39-22-28)42-18-16-41(6)17-19-42/h7-15,20-22,34H,16-19H2,1-6H3/t34-/m1/s1. The number of ether oxygens (including phenoxy) is 1. The smallest absolute Gasteiger partial charge is 0.163 e. The maximum atomic E-state index is 13.1. The monoisotopic (exact) mass is 638 g/mol. The number of halogens is 1. The molecule has 1 saturated heterocycles. The Labute approximate surface area is 274 Å². The van der Waals surface area contributed by atoms with Crippen molar-refractivity contribution in [3.63, 3.8) is 0 Å². The number of fused-ring (bicyclic) bond motifs is 1. The van der Waals surface area contributed by atoms with Crippen LogP contribution in [0.25, 0.3) is 43.0 Å². The summed E-state index contributed by atoms with van der Waals surface area (Å²) < 4.78 is 7.42. The SMILES string of the molecule is CC(=O)[C@@H](OC(C)(C)C)c1c(C)cc2nc(-c3cccc(-c4ccc(N5CCN(C)CC5)nc4)c3)sc2c1-c1ccc(Cl)cc1. The molecule has 0 amide bonds. The van der Waals surface area contributed by atoms with Crippen LogP contribution in [0.2, 0.25) is 5.02 Å². The van der Waals surface area contributed by atoms with Crippen LogP contribution in [0.1, 0.15) is 44.9 Å². The molecule has 6 rings (SSSR count). The highest BCUT2D eigenvalue weighted by atomic mass is 35.5. The van der Waals surface area contributed by atoms with Gasteiger partial charge in [0.05, 0.1) is 15.8 Å². The van der Waals surface area contributed by atoms with E-state index >= 15 is 0 Å². The molecule has 5 aromatic rings. The van der Waals surface area contributed by atoms with Crippen LogP contribution in [0.3, 0.4) is 0 Å². The zero-order chi connectivity index (χ0) is 31.9. The largest absolute Gasteiger partial charge is 0.360 e. The van der Waals surface area contributed by atoms with Gasteiger partial charge in [-0.3, -0.25) is 4.79 Å². The van der Waals surface area contributed by atoms with Crippen LogP contribution in [-0.4, -0.2) is 59.5 Å². The number of carbonyl (C=O) groups excluding carboxylic acids is 1. The second kappa shape index (κ2) is 12.6. The van der Waals surface area contributed by atoms with E-state index in [1.807, 2.05) is 58.2 Å². The Kier molecular flexibility index (Phi) is 8.81. The minimum absolute atomic E-state index is 0.0349. The number of ketones is 1. The average molecular weight is 639 g/mol. The van der Waals surface area contributed by atoms with Crippen molar-refractivity contribution >= 4 is 44.8 Å². The van der Waals surface area contributed by atoms with E-state index in [0.29, 0.717) is 5.02 Å². The first-order chi connectivity index (χ1) is 21.5. The minimum Gasteiger partial charge on any atom is -0.360 e.